The van der Waals surface area contributed by atoms with Crippen molar-refractivity contribution in [3.8, 4) is 11.5 Å². The van der Waals surface area contributed by atoms with E-state index in [0.29, 0.717) is 12.0 Å². The summed E-state index contributed by atoms with van der Waals surface area (Å²) in [5, 5.41) is 41.5. The highest BCUT2D eigenvalue weighted by molar-refractivity contribution is 6.09. The molecule has 1 saturated heterocycles. The summed E-state index contributed by atoms with van der Waals surface area (Å²) in [5.74, 6) is -3.37. The minimum absolute atomic E-state index is 0.0201. The van der Waals surface area contributed by atoms with Gasteiger partial charge >= 0.3 is 17.9 Å². The molecule has 4 rings (SSSR count). The summed E-state index contributed by atoms with van der Waals surface area (Å²) >= 11 is 0. The molecule has 2 aromatic carbocycles. The van der Waals surface area contributed by atoms with Crippen LogP contribution in [0.15, 0.2) is 66.8 Å². The van der Waals surface area contributed by atoms with Crippen LogP contribution >= 0.6 is 0 Å². The number of ketones is 1. The number of allylic oxidation sites excluding steroid dienone is 1. The smallest absolute Gasteiger partial charge is 0.350 e. The summed E-state index contributed by atoms with van der Waals surface area (Å²) in [4.78, 5) is 48.9. The minimum atomic E-state index is -2.41. The number of aliphatic hydroxyl groups excluding tert-OH is 2. The first-order valence-corrected chi connectivity index (χ1v) is 13.7. The van der Waals surface area contributed by atoms with E-state index in [0.717, 1.165) is 19.1 Å². The molecule has 13 heteroatoms. The van der Waals surface area contributed by atoms with Gasteiger partial charge in [-0.1, -0.05) is 36.4 Å². The molecule has 6 atom stereocenters. The van der Waals surface area contributed by atoms with Gasteiger partial charge in [-0.2, -0.15) is 0 Å². The van der Waals surface area contributed by atoms with E-state index < -0.39 is 73.2 Å². The Kier molecular flexibility index (Phi) is 10.5. The zero-order chi connectivity index (χ0) is 31.9. The molecule has 1 fully saturated rings. The Morgan fingerprint density at radius 2 is 1.77 bits per heavy atom. The monoisotopic (exact) mass is 612 g/mol. The first kappa shape index (κ1) is 32.4. The van der Waals surface area contributed by atoms with Gasteiger partial charge in [0.1, 0.15) is 43.0 Å². The van der Waals surface area contributed by atoms with Crippen LogP contribution in [-0.4, -0.2) is 87.0 Å². The average molecular weight is 613 g/mol. The molecule has 234 valence electrons. The highest BCUT2D eigenvalue weighted by atomic mass is 16.7. The highest BCUT2D eigenvalue weighted by Gasteiger charge is 2.49. The number of carbonyl (C=O) groups is 4. The van der Waals surface area contributed by atoms with Crippen molar-refractivity contribution in [2.45, 2.75) is 62.7 Å². The maximum absolute atomic E-state index is 12.7. The molecule has 1 aliphatic carbocycles. The Bertz CT molecular complexity index is 1420. The van der Waals surface area contributed by atoms with E-state index >= 15 is 0 Å². The van der Waals surface area contributed by atoms with Crippen molar-refractivity contribution in [1.82, 2.24) is 0 Å². The third kappa shape index (κ3) is 7.88. The van der Waals surface area contributed by atoms with Gasteiger partial charge in [-0.25, -0.2) is 9.59 Å². The van der Waals surface area contributed by atoms with Crippen LogP contribution in [0.25, 0.3) is 6.08 Å². The van der Waals surface area contributed by atoms with Gasteiger partial charge < -0.3 is 44.1 Å². The number of Topliss-reactive ketones (excluding diaryl/α,β-unsaturated/α-hetero) is 1. The molecule has 0 radical (unpaired) electrons. The van der Waals surface area contributed by atoms with Crippen molar-refractivity contribution in [2.24, 2.45) is 0 Å². The molecular formula is C31H32O13. The lowest BCUT2D eigenvalue weighted by atomic mass is 9.90. The molecule has 4 N–H and O–H groups in total. The van der Waals surface area contributed by atoms with Gasteiger partial charge in [-0.05, 0) is 42.3 Å². The van der Waals surface area contributed by atoms with Crippen LogP contribution in [0, 0.1) is 0 Å². The van der Waals surface area contributed by atoms with E-state index in [2.05, 4.69) is 0 Å². The number of phenolic OH excluding ortho intramolecular Hbond substituents is 1. The van der Waals surface area contributed by atoms with Crippen molar-refractivity contribution in [3.05, 3.63) is 77.9 Å². The van der Waals surface area contributed by atoms with Gasteiger partial charge in [-0.3, -0.25) is 9.59 Å². The number of phenols is 1. The Labute approximate surface area is 251 Å². The number of benzene rings is 2. The summed E-state index contributed by atoms with van der Waals surface area (Å²) in [6.07, 6.45) is -2.38. The SMILES string of the molecule is CC(=O)OCC1OC(Oc2ccccc2COC(=O)C2(O)C=CCCC2=O)C(OC(=O)C=Cc2ccc(O)cc2)C(O)C1O. The number of aromatic hydroxyl groups is 1. The maximum atomic E-state index is 12.7. The standard InChI is InChI=1S/C31H32O13/c1-18(32)40-17-23-26(36)27(37)28(44-25(35)14-11-19-9-12-21(33)13-10-19)29(43-23)42-22-7-3-2-6-20(22)16-41-30(38)31(39)15-5-4-8-24(31)34/h2-3,5-7,9-15,23,26-29,33,36-37,39H,4,8,16-17H2,1H3. The maximum Gasteiger partial charge on any atom is 0.350 e. The van der Waals surface area contributed by atoms with Crippen LogP contribution in [0.3, 0.4) is 0 Å². The third-order valence-corrected chi connectivity index (χ3v) is 6.86. The van der Waals surface area contributed by atoms with Gasteiger partial charge in [-0.15, -0.1) is 0 Å². The lowest BCUT2D eigenvalue weighted by Crippen LogP contribution is -2.61. The predicted molar refractivity (Wildman–Crippen MR) is 150 cm³/mol. The fraction of sp³-hybridized carbons (Fsp3) is 0.355. The molecule has 0 amide bonds. The summed E-state index contributed by atoms with van der Waals surface area (Å²) in [7, 11) is 0. The number of ether oxygens (including phenoxy) is 5. The summed E-state index contributed by atoms with van der Waals surface area (Å²) in [5.41, 5.74) is -1.58. The van der Waals surface area contributed by atoms with Gasteiger partial charge in [0, 0.05) is 25.0 Å². The molecule has 44 heavy (non-hydrogen) atoms. The molecule has 0 saturated carbocycles. The van der Waals surface area contributed by atoms with Crippen LogP contribution in [0.1, 0.15) is 30.9 Å². The number of hydrogen-bond acceptors (Lipinski definition) is 13. The molecule has 0 spiro atoms. The number of rotatable bonds is 10. The molecule has 0 aromatic heterocycles. The lowest BCUT2D eigenvalue weighted by Gasteiger charge is -2.41. The van der Waals surface area contributed by atoms with Crippen LogP contribution in [-0.2, 0) is 44.7 Å². The number of hydrogen-bond donors (Lipinski definition) is 4. The first-order chi connectivity index (χ1) is 21.0. The number of carbonyl (C=O) groups excluding carboxylic acids is 4. The van der Waals surface area contributed by atoms with Crippen molar-refractivity contribution >= 4 is 29.8 Å². The van der Waals surface area contributed by atoms with Gasteiger partial charge in [0.25, 0.3) is 0 Å². The Balaban J connectivity index is 1.53. The minimum Gasteiger partial charge on any atom is -0.508 e. The zero-order valence-electron chi connectivity index (χ0n) is 23.6. The van der Waals surface area contributed by atoms with Gasteiger partial charge in [0.15, 0.2) is 11.9 Å². The van der Waals surface area contributed by atoms with Crippen molar-refractivity contribution in [1.29, 1.82) is 0 Å². The highest BCUT2D eigenvalue weighted by Crippen LogP contribution is 2.30. The number of esters is 3. The van der Waals surface area contributed by atoms with Crippen LogP contribution in [0.2, 0.25) is 0 Å². The lowest BCUT2D eigenvalue weighted by molar-refractivity contribution is -0.282. The van der Waals surface area contributed by atoms with Crippen molar-refractivity contribution in [2.75, 3.05) is 6.61 Å². The molecule has 0 bridgehead atoms. The van der Waals surface area contributed by atoms with E-state index in [1.165, 1.54) is 36.4 Å². The molecule has 2 aromatic rings. The summed E-state index contributed by atoms with van der Waals surface area (Å²) in [6.45, 7) is 0.261. The predicted octanol–water partition coefficient (Wildman–Crippen LogP) is 1.10. The second kappa shape index (κ2) is 14.3. The quantitative estimate of drug-likeness (QED) is 0.0980. The van der Waals surface area contributed by atoms with E-state index in [4.69, 9.17) is 23.7 Å². The molecule has 13 nitrogen and oxygen atoms in total. The molecule has 6 unspecified atom stereocenters. The van der Waals surface area contributed by atoms with E-state index in [1.54, 1.807) is 24.3 Å². The average Bonchev–Trinajstić information content (AvgIpc) is 3.00. The fourth-order valence-electron chi connectivity index (χ4n) is 4.44. The number of para-hydroxylation sites is 1. The Hall–Kier alpha value is -4.56. The summed E-state index contributed by atoms with van der Waals surface area (Å²) < 4.78 is 27.3. The van der Waals surface area contributed by atoms with E-state index in [9.17, 15) is 39.6 Å². The van der Waals surface area contributed by atoms with Crippen LogP contribution in [0.5, 0.6) is 11.5 Å². The topological polar surface area (TPSA) is 195 Å². The third-order valence-electron chi connectivity index (χ3n) is 6.86. The van der Waals surface area contributed by atoms with Crippen LogP contribution < -0.4 is 4.74 Å². The number of aliphatic hydroxyl groups is 3. The molecule has 2 aliphatic rings. The van der Waals surface area contributed by atoms with Gasteiger partial charge in [0.2, 0.25) is 11.9 Å². The van der Waals surface area contributed by atoms with E-state index in [1.807, 2.05) is 0 Å². The Morgan fingerprint density at radius 1 is 1.05 bits per heavy atom. The summed E-state index contributed by atoms with van der Waals surface area (Å²) in [6, 6.07) is 12.1. The first-order valence-electron chi connectivity index (χ1n) is 13.7. The van der Waals surface area contributed by atoms with Gasteiger partial charge in [0.05, 0.1) is 0 Å². The largest absolute Gasteiger partial charge is 0.508 e. The normalized spacial score (nSPS) is 26.6. The molecular weight excluding hydrogens is 580 g/mol. The van der Waals surface area contributed by atoms with Crippen molar-refractivity contribution in [3.63, 3.8) is 0 Å². The molecule has 1 aliphatic heterocycles. The van der Waals surface area contributed by atoms with E-state index in [-0.39, 0.29) is 23.5 Å². The van der Waals surface area contributed by atoms with Crippen molar-refractivity contribution < 1.29 is 63.3 Å². The Morgan fingerprint density at radius 3 is 2.48 bits per heavy atom. The second-order valence-corrected chi connectivity index (χ2v) is 10.1. The molecule has 1 heterocycles. The fourth-order valence-corrected chi connectivity index (χ4v) is 4.44. The second-order valence-electron chi connectivity index (χ2n) is 10.1. The van der Waals surface area contributed by atoms with Crippen LogP contribution in [0.4, 0.5) is 0 Å². The zero-order valence-corrected chi connectivity index (χ0v) is 23.6.